The van der Waals surface area contributed by atoms with Crippen molar-refractivity contribution in [3.8, 4) is 0 Å². The Labute approximate surface area is 129 Å². The third-order valence-electron chi connectivity index (χ3n) is 3.74. The summed E-state index contributed by atoms with van der Waals surface area (Å²) >= 11 is 0. The van der Waals surface area contributed by atoms with Crippen LogP contribution >= 0.6 is 0 Å². The van der Waals surface area contributed by atoms with Crippen LogP contribution in [0, 0.1) is 5.82 Å². The lowest BCUT2D eigenvalue weighted by molar-refractivity contribution is -0.130. The van der Waals surface area contributed by atoms with Crippen LogP contribution in [-0.4, -0.2) is 50.4 Å². The Hall–Kier alpha value is -2.37. The molecule has 0 atom stereocenters. The predicted molar refractivity (Wildman–Crippen MR) is 84.5 cm³/mol. The first kappa shape index (κ1) is 16.0. The number of halogens is 1. The number of carbonyl (C=O) groups is 2. The third-order valence-corrected chi connectivity index (χ3v) is 3.74. The zero-order valence-corrected chi connectivity index (χ0v) is 12.9. The van der Waals surface area contributed by atoms with E-state index in [4.69, 9.17) is 0 Å². The highest BCUT2D eigenvalue weighted by molar-refractivity contribution is 6.00. The fourth-order valence-corrected chi connectivity index (χ4v) is 2.52. The molecule has 5 nitrogen and oxygen atoms in total. The van der Waals surface area contributed by atoms with Crippen LogP contribution in [-0.2, 0) is 9.59 Å². The molecule has 0 fully saturated rings. The van der Waals surface area contributed by atoms with E-state index in [1.807, 2.05) is 11.9 Å². The first-order valence-corrected chi connectivity index (χ1v) is 7.12. The minimum Gasteiger partial charge on any atom is -0.373 e. The Morgan fingerprint density at radius 2 is 2.09 bits per heavy atom. The van der Waals surface area contributed by atoms with Gasteiger partial charge in [-0.25, -0.2) is 4.39 Å². The maximum Gasteiger partial charge on any atom is 0.246 e. The van der Waals surface area contributed by atoms with Crippen LogP contribution in [0.4, 0.5) is 15.8 Å². The monoisotopic (exact) mass is 305 g/mol. The lowest BCUT2D eigenvalue weighted by Gasteiger charge is -2.26. The van der Waals surface area contributed by atoms with Gasteiger partial charge >= 0.3 is 0 Å². The molecule has 0 aromatic heterocycles. The average molecular weight is 305 g/mol. The van der Waals surface area contributed by atoms with E-state index in [2.05, 4.69) is 6.58 Å². The second-order valence-electron chi connectivity index (χ2n) is 5.35. The van der Waals surface area contributed by atoms with Crippen LogP contribution < -0.4 is 9.80 Å². The van der Waals surface area contributed by atoms with Gasteiger partial charge in [-0.1, -0.05) is 6.58 Å². The second-order valence-corrected chi connectivity index (χ2v) is 5.35. The van der Waals surface area contributed by atoms with Crippen molar-refractivity contribution in [2.75, 3.05) is 43.5 Å². The van der Waals surface area contributed by atoms with Gasteiger partial charge < -0.3 is 14.7 Å². The van der Waals surface area contributed by atoms with Crippen molar-refractivity contribution in [1.82, 2.24) is 4.90 Å². The Morgan fingerprint density at radius 1 is 1.36 bits per heavy atom. The van der Waals surface area contributed by atoms with E-state index in [-0.39, 0.29) is 24.2 Å². The Balaban J connectivity index is 2.29. The molecule has 0 N–H and O–H groups in total. The number of hydrogen-bond donors (Lipinski definition) is 0. The van der Waals surface area contributed by atoms with Crippen LogP contribution in [0.1, 0.15) is 6.42 Å². The molecule has 0 radical (unpaired) electrons. The van der Waals surface area contributed by atoms with Crippen molar-refractivity contribution >= 4 is 23.2 Å². The molecule has 0 saturated carbocycles. The van der Waals surface area contributed by atoms with Crippen molar-refractivity contribution in [1.29, 1.82) is 0 Å². The van der Waals surface area contributed by atoms with Crippen molar-refractivity contribution in [2.24, 2.45) is 0 Å². The second kappa shape index (κ2) is 6.60. The first-order valence-electron chi connectivity index (χ1n) is 7.12. The topological polar surface area (TPSA) is 43.9 Å². The lowest BCUT2D eigenvalue weighted by atomic mass is 10.2. The molecule has 0 bridgehead atoms. The highest BCUT2D eigenvalue weighted by Gasteiger charge is 2.25. The maximum absolute atomic E-state index is 13.6. The molecule has 1 aliphatic rings. The number of rotatable bonds is 3. The van der Waals surface area contributed by atoms with E-state index in [0.717, 1.165) is 24.7 Å². The lowest BCUT2D eigenvalue weighted by Crippen LogP contribution is -2.41. The molecule has 1 aliphatic heterocycles. The van der Waals surface area contributed by atoms with E-state index in [1.165, 1.54) is 17.0 Å². The van der Waals surface area contributed by atoms with Gasteiger partial charge in [0.05, 0.1) is 11.4 Å². The molecule has 2 rings (SSSR count). The zero-order chi connectivity index (χ0) is 16.3. The minimum absolute atomic E-state index is 0.0650. The van der Waals surface area contributed by atoms with Crippen LogP contribution in [0.3, 0.4) is 0 Å². The van der Waals surface area contributed by atoms with Crippen molar-refractivity contribution < 1.29 is 14.0 Å². The largest absolute Gasteiger partial charge is 0.373 e. The van der Waals surface area contributed by atoms with Crippen molar-refractivity contribution in [3.63, 3.8) is 0 Å². The van der Waals surface area contributed by atoms with Gasteiger partial charge in [0.2, 0.25) is 11.8 Å². The minimum atomic E-state index is -0.387. The Morgan fingerprint density at radius 3 is 2.77 bits per heavy atom. The predicted octanol–water partition coefficient (Wildman–Crippen LogP) is 1.64. The van der Waals surface area contributed by atoms with Gasteiger partial charge in [0.15, 0.2) is 0 Å². The van der Waals surface area contributed by atoms with Crippen LogP contribution in [0.15, 0.2) is 30.9 Å². The van der Waals surface area contributed by atoms with Crippen molar-refractivity contribution in [3.05, 3.63) is 36.7 Å². The number of amides is 2. The third kappa shape index (κ3) is 3.27. The molecule has 0 spiro atoms. The molecule has 1 aromatic rings. The molecule has 0 aliphatic carbocycles. The highest BCUT2D eigenvalue weighted by atomic mass is 19.1. The summed E-state index contributed by atoms with van der Waals surface area (Å²) in [5.41, 5.74) is 1.36. The van der Waals surface area contributed by atoms with Gasteiger partial charge in [-0.2, -0.15) is 0 Å². The molecule has 0 unspecified atom stereocenters. The Bertz CT molecular complexity index is 603. The fourth-order valence-electron chi connectivity index (χ4n) is 2.52. The molecule has 1 heterocycles. The van der Waals surface area contributed by atoms with Gasteiger partial charge in [-0.05, 0) is 30.7 Å². The average Bonchev–Trinajstić information content (AvgIpc) is 2.65. The smallest absolute Gasteiger partial charge is 0.246 e. The van der Waals surface area contributed by atoms with Crippen LogP contribution in [0.5, 0.6) is 0 Å². The molecule has 1 aromatic carbocycles. The Kier molecular flexibility index (Phi) is 4.80. The molecular formula is C16H20FN3O2. The van der Waals surface area contributed by atoms with Gasteiger partial charge in [0.1, 0.15) is 12.4 Å². The molecule has 6 heteroatoms. The van der Waals surface area contributed by atoms with E-state index in [9.17, 15) is 14.0 Å². The number of hydrogen-bond acceptors (Lipinski definition) is 3. The van der Waals surface area contributed by atoms with E-state index >= 15 is 0 Å². The molecule has 0 saturated heterocycles. The first-order chi connectivity index (χ1) is 10.4. The maximum atomic E-state index is 13.6. The number of fused-ring (bicyclic) bond motifs is 1. The SMILES string of the molecule is C=CC(=O)N(C)CC(=O)N1CCCN(C)c2ccc(F)cc21. The van der Waals surface area contributed by atoms with E-state index in [0.29, 0.717) is 12.2 Å². The van der Waals surface area contributed by atoms with Crippen LogP contribution in [0.2, 0.25) is 0 Å². The fraction of sp³-hybridized carbons (Fsp3) is 0.375. The summed E-state index contributed by atoms with van der Waals surface area (Å²) in [5, 5.41) is 0. The van der Waals surface area contributed by atoms with Gasteiger partial charge in [-0.15, -0.1) is 0 Å². The van der Waals surface area contributed by atoms with Crippen LogP contribution in [0.25, 0.3) is 0 Å². The molecule has 118 valence electrons. The van der Waals surface area contributed by atoms with E-state index in [1.54, 1.807) is 18.0 Å². The van der Waals surface area contributed by atoms with Crippen molar-refractivity contribution in [2.45, 2.75) is 6.42 Å². The number of benzene rings is 1. The number of anilines is 2. The molecule has 2 amide bonds. The summed E-state index contributed by atoms with van der Waals surface area (Å²) < 4.78 is 13.6. The summed E-state index contributed by atoms with van der Waals surface area (Å²) in [7, 11) is 3.45. The zero-order valence-electron chi connectivity index (χ0n) is 12.9. The van der Waals surface area contributed by atoms with Gasteiger partial charge in [-0.3, -0.25) is 9.59 Å². The summed E-state index contributed by atoms with van der Waals surface area (Å²) in [6, 6.07) is 4.43. The standard InChI is InChI=1S/C16H20FN3O2/c1-4-15(21)19(3)11-16(22)20-9-5-8-18(2)13-7-6-12(17)10-14(13)20/h4,6-7,10H,1,5,8-9,11H2,2-3H3. The molecular weight excluding hydrogens is 285 g/mol. The van der Waals surface area contributed by atoms with Gasteiger partial charge in [0.25, 0.3) is 0 Å². The summed E-state index contributed by atoms with van der Waals surface area (Å²) in [6.07, 6.45) is 1.94. The normalized spacial score (nSPS) is 14.1. The molecule has 22 heavy (non-hydrogen) atoms. The summed E-state index contributed by atoms with van der Waals surface area (Å²) in [5.74, 6) is -0.943. The highest BCUT2D eigenvalue weighted by Crippen LogP contribution is 2.32. The summed E-state index contributed by atoms with van der Waals surface area (Å²) in [4.78, 5) is 28.9. The number of nitrogens with zero attached hydrogens (tertiary/aromatic N) is 3. The van der Waals surface area contributed by atoms with Gasteiger partial charge in [0, 0.05) is 27.2 Å². The summed E-state index contributed by atoms with van der Waals surface area (Å²) in [6.45, 7) is 4.61. The number of carbonyl (C=O) groups excluding carboxylic acids is 2. The number of likely N-dealkylation sites (N-methyl/N-ethyl adjacent to an activating group) is 1. The van der Waals surface area contributed by atoms with E-state index < -0.39 is 0 Å². The quantitative estimate of drug-likeness (QED) is 0.798.